The molecule has 0 amide bonds. The lowest BCUT2D eigenvalue weighted by molar-refractivity contribution is 0.0677. The van der Waals surface area contributed by atoms with Crippen molar-refractivity contribution in [3.8, 4) is 0 Å². The Hall–Kier alpha value is -1.32. The molecule has 4 heteroatoms. The van der Waals surface area contributed by atoms with E-state index in [0.29, 0.717) is 12.0 Å². The van der Waals surface area contributed by atoms with Crippen molar-refractivity contribution in [2.45, 2.75) is 45.1 Å². The smallest absolute Gasteiger partial charge is 0.372 e. The molecule has 0 spiro atoms. The van der Waals surface area contributed by atoms with Crippen molar-refractivity contribution < 1.29 is 9.90 Å². The van der Waals surface area contributed by atoms with Gasteiger partial charge >= 0.3 is 5.97 Å². The van der Waals surface area contributed by atoms with Crippen molar-refractivity contribution in [3.05, 3.63) is 17.2 Å². The number of fused-ring (bicyclic) bond motifs is 1. The van der Waals surface area contributed by atoms with E-state index < -0.39 is 5.97 Å². The number of aryl methyl sites for hydroxylation is 1. The normalized spacial score (nSPS) is 24.2. The first-order valence-corrected chi connectivity index (χ1v) is 6.00. The van der Waals surface area contributed by atoms with Gasteiger partial charge in [0.2, 0.25) is 5.82 Å². The van der Waals surface area contributed by atoms with Crippen molar-refractivity contribution in [2.75, 3.05) is 0 Å². The largest absolute Gasteiger partial charge is 0.475 e. The lowest BCUT2D eigenvalue weighted by Gasteiger charge is -2.19. The summed E-state index contributed by atoms with van der Waals surface area (Å²) >= 11 is 0. The van der Waals surface area contributed by atoms with E-state index in [4.69, 9.17) is 0 Å². The highest BCUT2D eigenvalue weighted by Crippen LogP contribution is 2.40. The molecule has 3 rings (SSSR count). The second-order valence-electron chi connectivity index (χ2n) is 5.08. The third-order valence-corrected chi connectivity index (χ3v) is 3.61. The average Bonchev–Trinajstić information content (AvgIpc) is 2.99. The van der Waals surface area contributed by atoms with Gasteiger partial charge in [0.15, 0.2) is 0 Å². The molecule has 86 valence electrons. The fourth-order valence-corrected chi connectivity index (χ4v) is 2.62. The van der Waals surface area contributed by atoms with Gasteiger partial charge in [-0.15, -0.1) is 0 Å². The van der Waals surface area contributed by atoms with Crippen molar-refractivity contribution in [1.82, 2.24) is 9.55 Å². The molecule has 4 nitrogen and oxygen atoms in total. The zero-order valence-electron chi connectivity index (χ0n) is 9.44. The molecule has 0 saturated heterocycles. The third kappa shape index (κ3) is 1.44. The van der Waals surface area contributed by atoms with E-state index in [-0.39, 0.29) is 5.82 Å². The minimum absolute atomic E-state index is 0.265. The maximum Gasteiger partial charge on any atom is 0.372 e. The van der Waals surface area contributed by atoms with Gasteiger partial charge < -0.3 is 9.67 Å². The van der Waals surface area contributed by atoms with E-state index in [1.54, 1.807) is 0 Å². The molecule has 1 atom stereocenters. The number of nitrogens with zero attached hydrogens (tertiary/aromatic N) is 2. The van der Waals surface area contributed by atoms with Crippen molar-refractivity contribution in [3.63, 3.8) is 0 Å². The molecule has 1 heterocycles. The molecule has 2 aliphatic rings. The second kappa shape index (κ2) is 3.34. The van der Waals surface area contributed by atoms with Gasteiger partial charge in [0.05, 0.1) is 5.69 Å². The van der Waals surface area contributed by atoms with E-state index in [1.807, 2.05) is 4.57 Å². The molecule has 0 radical (unpaired) electrons. The lowest BCUT2D eigenvalue weighted by atomic mass is 9.91. The molecule has 1 N–H and O–H groups in total. The molecule has 0 bridgehead atoms. The maximum atomic E-state index is 11.2. The maximum absolute atomic E-state index is 11.2. The Balaban J connectivity index is 2.10. The van der Waals surface area contributed by atoms with Crippen LogP contribution in [0.1, 0.15) is 54.2 Å². The monoisotopic (exact) mass is 220 g/mol. The fourth-order valence-electron chi connectivity index (χ4n) is 2.62. The second-order valence-corrected chi connectivity index (χ2v) is 5.08. The van der Waals surface area contributed by atoms with Gasteiger partial charge in [-0.1, -0.05) is 6.92 Å². The van der Waals surface area contributed by atoms with E-state index in [2.05, 4.69) is 11.9 Å². The van der Waals surface area contributed by atoms with E-state index in [0.717, 1.165) is 37.8 Å². The summed E-state index contributed by atoms with van der Waals surface area (Å²) in [6.07, 6.45) is 5.28. The van der Waals surface area contributed by atoms with Crippen LogP contribution in [-0.4, -0.2) is 20.6 Å². The van der Waals surface area contributed by atoms with Crippen LogP contribution in [0.5, 0.6) is 0 Å². The molecule has 2 aliphatic carbocycles. The number of aromatic nitrogens is 2. The Morgan fingerprint density at radius 2 is 2.19 bits per heavy atom. The van der Waals surface area contributed by atoms with Crippen molar-refractivity contribution >= 4 is 5.97 Å². The Kier molecular flexibility index (Phi) is 2.06. The average molecular weight is 220 g/mol. The Morgan fingerprint density at radius 1 is 1.44 bits per heavy atom. The number of rotatable bonds is 2. The summed E-state index contributed by atoms with van der Waals surface area (Å²) in [5.74, 6) is 0.0406. The van der Waals surface area contributed by atoms with E-state index in [9.17, 15) is 9.90 Å². The molecule has 1 aromatic heterocycles. The van der Waals surface area contributed by atoms with Crippen LogP contribution in [0.25, 0.3) is 0 Å². The van der Waals surface area contributed by atoms with Gasteiger partial charge in [-0.3, -0.25) is 0 Å². The van der Waals surface area contributed by atoms with Gasteiger partial charge in [0.1, 0.15) is 0 Å². The molecule has 1 unspecified atom stereocenters. The summed E-state index contributed by atoms with van der Waals surface area (Å²) in [5.41, 5.74) is 2.22. The SMILES string of the molecule is CC1CCc2nc(C(=O)O)n(C3CC3)c2C1. The van der Waals surface area contributed by atoms with Crippen LogP contribution >= 0.6 is 0 Å². The van der Waals surface area contributed by atoms with Gasteiger partial charge in [-0.05, 0) is 38.0 Å². The summed E-state index contributed by atoms with van der Waals surface area (Å²) in [7, 11) is 0. The molecule has 1 fully saturated rings. The Labute approximate surface area is 94.3 Å². The van der Waals surface area contributed by atoms with Crippen LogP contribution in [0.4, 0.5) is 0 Å². The minimum Gasteiger partial charge on any atom is -0.475 e. The van der Waals surface area contributed by atoms with E-state index >= 15 is 0 Å². The first kappa shape index (κ1) is 9.87. The number of carboxylic acids is 1. The van der Waals surface area contributed by atoms with Crippen LogP contribution in [0.15, 0.2) is 0 Å². The van der Waals surface area contributed by atoms with Gasteiger partial charge in [0.25, 0.3) is 0 Å². The molecule has 0 aliphatic heterocycles. The predicted octanol–water partition coefficient (Wildman–Crippen LogP) is 2.04. The highest BCUT2D eigenvalue weighted by molar-refractivity contribution is 5.84. The number of imidazole rings is 1. The fraction of sp³-hybridized carbons (Fsp3) is 0.667. The zero-order valence-corrected chi connectivity index (χ0v) is 9.44. The standard InChI is InChI=1S/C12H16N2O2/c1-7-2-5-9-10(6-7)14(8-3-4-8)11(13-9)12(15)16/h7-8H,2-6H2,1H3,(H,15,16). The number of hydrogen-bond acceptors (Lipinski definition) is 2. The number of hydrogen-bond donors (Lipinski definition) is 1. The highest BCUT2D eigenvalue weighted by Gasteiger charge is 2.34. The minimum atomic E-state index is -0.881. The Bertz CT molecular complexity index is 446. The lowest BCUT2D eigenvalue weighted by Crippen LogP contribution is -2.16. The van der Waals surface area contributed by atoms with Crippen LogP contribution in [-0.2, 0) is 12.8 Å². The number of aromatic carboxylic acids is 1. The summed E-state index contributed by atoms with van der Waals surface area (Å²) in [6.45, 7) is 2.23. The van der Waals surface area contributed by atoms with Crippen LogP contribution in [0.2, 0.25) is 0 Å². The quantitative estimate of drug-likeness (QED) is 0.829. The zero-order chi connectivity index (χ0) is 11.3. The van der Waals surface area contributed by atoms with Crippen LogP contribution in [0, 0.1) is 5.92 Å². The predicted molar refractivity (Wildman–Crippen MR) is 58.6 cm³/mol. The van der Waals surface area contributed by atoms with E-state index in [1.165, 1.54) is 5.69 Å². The molecule has 16 heavy (non-hydrogen) atoms. The summed E-state index contributed by atoms with van der Waals surface area (Å²) in [4.78, 5) is 15.5. The first-order chi connectivity index (χ1) is 7.66. The first-order valence-electron chi connectivity index (χ1n) is 6.00. The van der Waals surface area contributed by atoms with Gasteiger partial charge in [-0.25, -0.2) is 9.78 Å². The van der Waals surface area contributed by atoms with Gasteiger partial charge in [-0.2, -0.15) is 0 Å². The summed E-state index contributed by atoms with van der Waals surface area (Å²) in [6, 6.07) is 0.410. The topological polar surface area (TPSA) is 55.1 Å². The molecule has 1 saturated carbocycles. The Morgan fingerprint density at radius 3 is 2.81 bits per heavy atom. The van der Waals surface area contributed by atoms with Crippen molar-refractivity contribution in [2.24, 2.45) is 5.92 Å². The highest BCUT2D eigenvalue weighted by atomic mass is 16.4. The molecule has 0 aromatic carbocycles. The van der Waals surface area contributed by atoms with Crippen LogP contribution < -0.4 is 0 Å². The van der Waals surface area contributed by atoms with Crippen molar-refractivity contribution in [1.29, 1.82) is 0 Å². The number of carbonyl (C=O) groups is 1. The molecule has 1 aromatic rings. The molecular weight excluding hydrogens is 204 g/mol. The summed E-state index contributed by atoms with van der Waals surface area (Å²) < 4.78 is 1.99. The summed E-state index contributed by atoms with van der Waals surface area (Å²) in [5, 5.41) is 9.17. The number of carboxylic acid groups (broad SMARTS) is 1. The third-order valence-electron chi connectivity index (χ3n) is 3.61. The van der Waals surface area contributed by atoms with Gasteiger partial charge in [0, 0.05) is 11.7 Å². The van der Waals surface area contributed by atoms with Crippen LogP contribution in [0.3, 0.4) is 0 Å². The molecular formula is C12H16N2O2.